The molecule has 2 aromatic carbocycles. The highest BCUT2D eigenvalue weighted by atomic mass is 16.6. The molecule has 0 spiro atoms. The molecule has 0 saturated carbocycles. The molecule has 3 nitrogen and oxygen atoms in total. The van der Waals surface area contributed by atoms with E-state index >= 15 is 0 Å². The van der Waals surface area contributed by atoms with E-state index in [1.165, 1.54) is 16.7 Å². The minimum absolute atomic E-state index is 0.148. The van der Waals surface area contributed by atoms with Crippen molar-refractivity contribution in [2.45, 2.75) is 33.5 Å². The number of hydrogen-bond acceptors (Lipinski definition) is 3. The molecule has 2 atom stereocenters. The average molecular weight is 338 g/mol. The molecule has 0 amide bonds. The third-order valence-corrected chi connectivity index (χ3v) is 4.91. The van der Waals surface area contributed by atoms with Crippen LogP contribution in [0.4, 0.5) is 0 Å². The second-order valence-corrected chi connectivity index (χ2v) is 6.56. The summed E-state index contributed by atoms with van der Waals surface area (Å²) in [6.07, 6.45) is 2.08. The maximum atomic E-state index is 6.03. The van der Waals surface area contributed by atoms with Gasteiger partial charge in [-0.2, -0.15) is 0 Å². The Bertz CT molecular complexity index is 751. The molecule has 1 aliphatic heterocycles. The van der Waals surface area contributed by atoms with Gasteiger partial charge in [0.1, 0.15) is 13.2 Å². The van der Waals surface area contributed by atoms with Gasteiger partial charge in [-0.1, -0.05) is 37.3 Å². The van der Waals surface area contributed by atoms with E-state index in [4.69, 9.17) is 14.2 Å². The van der Waals surface area contributed by atoms with E-state index in [9.17, 15) is 0 Å². The summed E-state index contributed by atoms with van der Waals surface area (Å²) < 4.78 is 17.4. The molecule has 0 aliphatic carbocycles. The molecule has 0 saturated heterocycles. The van der Waals surface area contributed by atoms with Crippen LogP contribution in [0, 0.1) is 12.8 Å². The number of rotatable bonds is 6. The maximum Gasteiger partial charge on any atom is 0.161 e. The fourth-order valence-corrected chi connectivity index (χ4v) is 2.93. The quantitative estimate of drug-likeness (QED) is 0.681. The van der Waals surface area contributed by atoms with Crippen molar-refractivity contribution in [2.75, 3.05) is 13.2 Å². The molecule has 132 valence electrons. The monoisotopic (exact) mass is 338 g/mol. The van der Waals surface area contributed by atoms with Gasteiger partial charge in [0.05, 0.1) is 12.7 Å². The fourth-order valence-electron chi connectivity index (χ4n) is 2.93. The Morgan fingerprint density at radius 2 is 1.88 bits per heavy atom. The number of fused-ring (bicyclic) bond motifs is 1. The minimum atomic E-state index is 0.148. The van der Waals surface area contributed by atoms with Crippen LogP contribution in [0.2, 0.25) is 0 Å². The lowest BCUT2D eigenvalue weighted by Crippen LogP contribution is -2.16. The molecule has 0 bridgehead atoms. The predicted molar refractivity (Wildman–Crippen MR) is 101 cm³/mol. The van der Waals surface area contributed by atoms with Gasteiger partial charge >= 0.3 is 0 Å². The van der Waals surface area contributed by atoms with Crippen LogP contribution >= 0.6 is 0 Å². The van der Waals surface area contributed by atoms with Gasteiger partial charge in [0, 0.05) is 0 Å². The molecule has 1 heterocycles. The summed E-state index contributed by atoms with van der Waals surface area (Å²) in [5, 5.41) is 0. The van der Waals surface area contributed by atoms with Crippen molar-refractivity contribution in [3.8, 4) is 22.6 Å². The molecular formula is C22H26O3. The summed E-state index contributed by atoms with van der Waals surface area (Å²) in [5.41, 5.74) is 4.77. The molecule has 25 heavy (non-hydrogen) atoms. The van der Waals surface area contributed by atoms with Gasteiger partial charge in [0.15, 0.2) is 11.5 Å². The Hall–Kier alpha value is -2.26. The lowest BCUT2D eigenvalue weighted by Gasteiger charge is -2.20. The Balaban J connectivity index is 1.82. The summed E-state index contributed by atoms with van der Waals surface area (Å²) in [6.45, 7) is 12.0. The SMILES string of the molecule is C=CC(C)C(C)OCc1cccc(-c2ccc3c(c2)OCCO3)c1C. The summed E-state index contributed by atoms with van der Waals surface area (Å²) in [7, 11) is 0. The molecule has 1 aliphatic rings. The first kappa shape index (κ1) is 17.6. The Labute approximate surface area is 150 Å². The van der Waals surface area contributed by atoms with Crippen molar-refractivity contribution < 1.29 is 14.2 Å². The second kappa shape index (κ2) is 7.75. The van der Waals surface area contributed by atoms with Crippen molar-refractivity contribution >= 4 is 0 Å². The van der Waals surface area contributed by atoms with Crippen molar-refractivity contribution in [3.05, 3.63) is 60.2 Å². The molecule has 2 unspecified atom stereocenters. The standard InChI is InChI=1S/C22H26O3/c1-5-15(2)17(4)25-14-19-7-6-8-20(16(19)3)18-9-10-21-22(13-18)24-12-11-23-21/h5-10,13,15,17H,1,11-12,14H2,2-4H3. The summed E-state index contributed by atoms with van der Waals surface area (Å²) in [4.78, 5) is 0. The highest BCUT2D eigenvalue weighted by molar-refractivity contribution is 5.71. The van der Waals surface area contributed by atoms with Crippen LogP contribution in [-0.4, -0.2) is 19.3 Å². The Morgan fingerprint density at radius 1 is 1.12 bits per heavy atom. The van der Waals surface area contributed by atoms with E-state index < -0.39 is 0 Å². The fraction of sp³-hybridized carbons (Fsp3) is 0.364. The van der Waals surface area contributed by atoms with E-state index in [1.807, 2.05) is 12.1 Å². The van der Waals surface area contributed by atoms with Crippen molar-refractivity contribution in [3.63, 3.8) is 0 Å². The smallest absolute Gasteiger partial charge is 0.161 e. The van der Waals surface area contributed by atoms with Crippen LogP contribution in [0.5, 0.6) is 11.5 Å². The van der Waals surface area contributed by atoms with Gasteiger partial charge in [-0.05, 0) is 54.2 Å². The summed E-state index contributed by atoms with van der Waals surface area (Å²) in [5.74, 6) is 1.97. The van der Waals surface area contributed by atoms with Crippen molar-refractivity contribution in [1.82, 2.24) is 0 Å². The van der Waals surface area contributed by atoms with Crippen LogP contribution in [0.1, 0.15) is 25.0 Å². The first-order valence-corrected chi connectivity index (χ1v) is 8.83. The van der Waals surface area contributed by atoms with E-state index in [2.05, 4.69) is 57.7 Å². The van der Waals surface area contributed by atoms with Crippen molar-refractivity contribution in [2.24, 2.45) is 5.92 Å². The van der Waals surface area contributed by atoms with Gasteiger partial charge in [0.25, 0.3) is 0 Å². The molecule has 0 radical (unpaired) electrons. The normalized spacial score (nSPS) is 15.5. The molecule has 0 N–H and O–H groups in total. The Morgan fingerprint density at radius 3 is 2.64 bits per heavy atom. The topological polar surface area (TPSA) is 27.7 Å². The third-order valence-electron chi connectivity index (χ3n) is 4.91. The zero-order chi connectivity index (χ0) is 17.8. The molecule has 0 aromatic heterocycles. The lowest BCUT2D eigenvalue weighted by molar-refractivity contribution is 0.0306. The van der Waals surface area contributed by atoms with Gasteiger partial charge in [0.2, 0.25) is 0 Å². The summed E-state index contributed by atoms with van der Waals surface area (Å²) in [6, 6.07) is 12.5. The average Bonchev–Trinajstić information content (AvgIpc) is 2.65. The van der Waals surface area contributed by atoms with E-state index in [1.54, 1.807) is 0 Å². The molecule has 0 fully saturated rings. The zero-order valence-electron chi connectivity index (χ0n) is 15.2. The van der Waals surface area contributed by atoms with Crippen LogP contribution in [0.15, 0.2) is 49.1 Å². The first-order chi connectivity index (χ1) is 12.1. The second-order valence-electron chi connectivity index (χ2n) is 6.56. The molecular weight excluding hydrogens is 312 g/mol. The predicted octanol–water partition coefficient (Wildman–Crippen LogP) is 5.16. The molecule has 2 aromatic rings. The molecule has 3 rings (SSSR count). The number of hydrogen-bond donors (Lipinski definition) is 0. The Kier molecular flexibility index (Phi) is 5.44. The maximum absolute atomic E-state index is 6.03. The highest BCUT2D eigenvalue weighted by Gasteiger charge is 2.15. The van der Waals surface area contributed by atoms with Crippen LogP contribution < -0.4 is 9.47 Å². The number of benzene rings is 2. The zero-order valence-corrected chi connectivity index (χ0v) is 15.2. The first-order valence-electron chi connectivity index (χ1n) is 8.83. The van der Waals surface area contributed by atoms with Crippen LogP contribution in [0.25, 0.3) is 11.1 Å². The minimum Gasteiger partial charge on any atom is -0.486 e. The van der Waals surface area contributed by atoms with Crippen molar-refractivity contribution in [1.29, 1.82) is 0 Å². The van der Waals surface area contributed by atoms with Crippen LogP contribution in [0.3, 0.4) is 0 Å². The van der Waals surface area contributed by atoms with E-state index in [0.29, 0.717) is 25.7 Å². The van der Waals surface area contributed by atoms with Gasteiger partial charge in [-0.15, -0.1) is 6.58 Å². The number of ether oxygens (including phenoxy) is 3. The van der Waals surface area contributed by atoms with E-state index in [0.717, 1.165) is 17.1 Å². The van der Waals surface area contributed by atoms with Gasteiger partial charge in [-0.25, -0.2) is 0 Å². The van der Waals surface area contributed by atoms with Gasteiger partial charge in [-0.3, -0.25) is 0 Å². The van der Waals surface area contributed by atoms with E-state index in [-0.39, 0.29) is 6.10 Å². The summed E-state index contributed by atoms with van der Waals surface area (Å²) >= 11 is 0. The highest BCUT2D eigenvalue weighted by Crippen LogP contribution is 2.36. The largest absolute Gasteiger partial charge is 0.486 e. The third kappa shape index (κ3) is 3.88. The molecule has 3 heteroatoms. The lowest BCUT2D eigenvalue weighted by atomic mass is 9.96. The van der Waals surface area contributed by atoms with Gasteiger partial charge < -0.3 is 14.2 Å². The van der Waals surface area contributed by atoms with Crippen LogP contribution in [-0.2, 0) is 11.3 Å².